The van der Waals surface area contributed by atoms with Crippen molar-refractivity contribution in [1.29, 1.82) is 0 Å². The van der Waals surface area contributed by atoms with Crippen LogP contribution in [0.4, 0.5) is 0 Å². The van der Waals surface area contributed by atoms with Gasteiger partial charge in [-0.2, -0.15) is 0 Å². The fourth-order valence-electron chi connectivity index (χ4n) is 2.68. The molecular weight excluding hydrogens is 352 g/mol. The minimum Gasteiger partial charge on any atom is -0.869 e. The van der Waals surface area contributed by atoms with E-state index in [9.17, 15) is 19.8 Å². The molecule has 2 aromatic rings. The predicted octanol–water partition coefficient (Wildman–Crippen LogP) is 1.83. The highest BCUT2D eigenvalue weighted by Crippen LogP contribution is 2.35. The molecule has 138 valence electrons. The number of hydrogen-bond acceptors (Lipinski definition) is 6. The number of carbonyl (C=O) groups excluding carboxylic acids is 1. The largest absolute Gasteiger partial charge is 0.869 e. The Kier molecular flexibility index (Phi) is 4.85. The molecule has 0 aromatic heterocycles. The lowest BCUT2D eigenvalue weighted by molar-refractivity contribution is -0.298. The molecule has 0 fully saturated rings. The van der Waals surface area contributed by atoms with Gasteiger partial charge in [0.2, 0.25) is 0 Å². The normalized spacial score (nSPS) is 15.4. The number of carboxylic acids is 1. The van der Waals surface area contributed by atoms with Gasteiger partial charge < -0.3 is 24.4 Å². The van der Waals surface area contributed by atoms with Crippen molar-refractivity contribution >= 4 is 23.1 Å². The highest BCUT2D eigenvalue weighted by atomic mass is 16.6. The summed E-state index contributed by atoms with van der Waals surface area (Å²) < 4.78 is 15.1. The first-order chi connectivity index (χ1) is 13.0. The Morgan fingerprint density at radius 3 is 1.96 bits per heavy atom. The maximum absolute atomic E-state index is 12.8. The molecule has 0 amide bonds. The Labute approximate surface area is 154 Å². The summed E-state index contributed by atoms with van der Waals surface area (Å²) in [5.74, 6) is -2.49. The molecule has 0 saturated carbocycles. The molecule has 1 N–H and O–H groups in total. The molecule has 7 nitrogen and oxygen atoms in total. The number of aliphatic carboxylic acids is 1. The number of rotatable bonds is 5. The lowest BCUT2D eigenvalue weighted by atomic mass is 10.0. The average molecular weight is 367 g/mol. The molecule has 1 heterocycles. The molecule has 1 aliphatic heterocycles. The van der Waals surface area contributed by atoms with E-state index in [0.717, 1.165) is 0 Å². The molecule has 0 spiro atoms. The van der Waals surface area contributed by atoms with Crippen molar-refractivity contribution in [3.8, 4) is 11.5 Å². The summed E-state index contributed by atoms with van der Waals surface area (Å²) in [6, 6.07) is 12.3. The number of carboxylic acid groups (broad SMARTS) is 1. The SMILES string of the molecule is COc1ccc(C2=C([O-])/C(=C(\C(=O)O)c3ccc(OC)cc3)OC2=O)cc1. The Balaban J connectivity index is 2.13. The number of cyclic esters (lactones) is 1. The predicted molar refractivity (Wildman–Crippen MR) is 93.6 cm³/mol. The standard InChI is InChI=1S/C20H16O7/c1-25-13-7-3-11(4-8-13)15-17(21)18(27-20(15)24)16(19(22)23)12-5-9-14(26-2)10-6-12/h3-10,21H,1-2H3,(H,22,23)/p-1/b18-16+. The van der Waals surface area contributed by atoms with E-state index >= 15 is 0 Å². The van der Waals surface area contributed by atoms with Crippen molar-refractivity contribution < 1.29 is 34.0 Å². The highest BCUT2D eigenvalue weighted by molar-refractivity contribution is 6.24. The number of hydrogen-bond donors (Lipinski definition) is 1. The monoisotopic (exact) mass is 367 g/mol. The molecule has 0 bridgehead atoms. The number of esters is 1. The summed E-state index contributed by atoms with van der Waals surface area (Å²) >= 11 is 0. The van der Waals surface area contributed by atoms with Gasteiger partial charge in [0.15, 0.2) is 0 Å². The van der Waals surface area contributed by atoms with Crippen LogP contribution >= 0.6 is 0 Å². The molecule has 7 heteroatoms. The van der Waals surface area contributed by atoms with Crippen molar-refractivity contribution in [3.63, 3.8) is 0 Å². The molecule has 0 saturated heterocycles. The van der Waals surface area contributed by atoms with Crippen molar-refractivity contribution in [2.24, 2.45) is 0 Å². The smallest absolute Gasteiger partial charge is 0.343 e. The summed E-state index contributed by atoms with van der Waals surface area (Å²) in [5.41, 5.74) is -0.0740. The highest BCUT2D eigenvalue weighted by Gasteiger charge is 2.30. The Bertz CT molecular complexity index is 951. The number of benzene rings is 2. The first-order valence-electron chi connectivity index (χ1n) is 7.86. The maximum Gasteiger partial charge on any atom is 0.343 e. The first-order valence-corrected chi connectivity index (χ1v) is 7.86. The van der Waals surface area contributed by atoms with Crippen LogP contribution in [-0.4, -0.2) is 31.3 Å². The van der Waals surface area contributed by atoms with E-state index in [1.807, 2.05) is 0 Å². The molecule has 27 heavy (non-hydrogen) atoms. The molecule has 0 unspecified atom stereocenters. The van der Waals surface area contributed by atoms with Crippen LogP contribution in [0, 0.1) is 0 Å². The van der Waals surface area contributed by atoms with Crippen LogP contribution in [0.15, 0.2) is 60.0 Å². The van der Waals surface area contributed by atoms with Crippen LogP contribution in [0.5, 0.6) is 11.5 Å². The molecule has 2 aromatic carbocycles. The summed E-state index contributed by atoms with van der Waals surface area (Å²) in [6.45, 7) is 0. The molecule has 0 atom stereocenters. The average Bonchev–Trinajstić information content (AvgIpc) is 2.96. The third kappa shape index (κ3) is 3.35. The first kappa shape index (κ1) is 18.1. The second kappa shape index (κ2) is 7.25. The minimum atomic E-state index is -1.38. The molecule has 3 rings (SSSR count). The second-order valence-electron chi connectivity index (χ2n) is 5.56. The Morgan fingerprint density at radius 1 is 0.963 bits per heavy atom. The fourth-order valence-corrected chi connectivity index (χ4v) is 2.68. The van der Waals surface area contributed by atoms with Gasteiger partial charge in [0.1, 0.15) is 22.8 Å². The van der Waals surface area contributed by atoms with E-state index < -0.39 is 23.5 Å². The Hall–Kier alpha value is -3.74. The zero-order chi connectivity index (χ0) is 19.6. The molecule has 0 radical (unpaired) electrons. The quantitative estimate of drug-likeness (QED) is 0.635. The number of methoxy groups -OCH3 is 2. The van der Waals surface area contributed by atoms with Crippen molar-refractivity contribution in [1.82, 2.24) is 0 Å². The zero-order valence-electron chi connectivity index (χ0n) is 14.5. The number of ether oxygens (including phenoxy) is 3. The van der Waals surface area contributed by atoms with E-state index in [1.165, 1.54) is 38.5 Å². The van der Waals surface area contributed by atoms with Gasteiger partial charge in [0.05, 0.1) is 19.8 Å². The van der Waals surface area contributed by atoms with Crippen LogP contribution in [0.25, 0.3) is 11.1 Å². The summed E-state index contributed by atoms with van der Waals surface area (Å²) in [4.78, 5) is 24.0. The Morgan fingerprint density at radius 2 is 1.48 bits per heavy atom. The van der Waals surface area contributed by atoms with Gasteiger partial charge in [0.25, 0.3) is 0 Å². The lowest BCUT2D eigenvalue weighted by Gasteiger charge is -2.13. The van der Waals surface area contributed by atoms with Crippen molar-refractivity contribution in [3.05, 3.63) is 71.2 Å². The third-order valence-corrected chi connectivity index (χ3v) is 4.03. The topological polar surface area (TPSA) is 105 Å². The van der Waals surface area contributed by atoms with Gasteiger partial charge >= 0.3 is 11.9 Å². The van der Waals surface area contributed by atoms with E-state index in [0.29, 0.717) is 17.1 Å². The van der Waals surface area contributed by atoms with Gasteiger partial charge in [-0.05, 0) is 41.2 Å². The minimum absolute atomic E-state index is 0.218. The van der Waals surface area contributed by atoms with Crippen LogP contribution in [0.2, 0.25) is 0 Å². The van der Waals surface area contributed by atoms with Crippen molar-refractivity contribution in [2.45, 2.75) is 0 Å². The van der Waals surface area contributed by atoms with Crippen LogP contribution < -0.4 is 14.6 Å². The van der Waals surface area contributed by atoms with Gasteiger partial charge in [-0.3, -0.25) is 0 Å². The lowest BCUT2D eigenvalue weighted by Crippen LogP contribution is -2.11. The van der Waals surface area contributed by atoms with Crippen LogP contribution in [-0.2, 0) is 14.3 Å². The van der Waals surface area contributed by atoms with Crippen molar-refractivity contribution in [2.75, 3.05) is 14.2 Å². The number of carbonyl (C=O) groups is 2. The van der Waals surface area contributed by atoms with Gasteiger partial charge in [0, 0.05) is 0 Å². The van der Waals surface area contributed by atoms with E-state index in [1.54, 1.807) is 24.3 Å². The fraction of sp³-hybridized carbons (Fsp3) is 0.100. The second-order valence-corrected chi connectivity index (χ2v) is 5.56. The maximum atomic E-state index is 12.8. The van der Waals surface area contributed by atoms with Crippen LogP contribution in [0.3, 0.4) is 0 Å². The zero-order valence-corrected chi connectivity index (χ0v) is 14.5. The third-order valence-electron chi connectivity index (χ3n) is 4.03. The molecular formula is C20H15O7-. The van der Waals surface area contributed by atoms with Gasteiger partial charge in [-0.1, -0.05) is 24.3 Å². The van der Waals surface area contributed by atoms with E-state index in [-0.39, 0.29) is 16.7 Å². The summed E-state index contributed by atoms with van der Waals surface area (Å²) in [5, 5.41) is 22.3. The van der Waals surface area contributed by atoms with Gasteiger partial charge in [-0.15, -0.1) is 0 Å². The van der Waals surface area contributed by atoms with E-state index in [2.05, 4.69) is 0 Å². The van der Waals surface area contributed by atoms with Crippen LogP contribution in [0.1, 0.15) is 11.1 Å². The molecule has 0 aliphatic carbocycles. The van der Waals surface area contributed by atoms with Gasteiger partial charge in [-0.25, -0.2) is 9.59 Å². The summed E-state index contributed by atoms with van der Waals surface area (Å²) in [7, 11) is 2.97. The molecule has 1 aliphatic rings. The van der Waals surface area contributed by atoms with E-state index in [4.69, 9.17) is 14.2 Å². The summed E-state index contributed by atoms with van der Waals surface area (Å²) in [6.07, 6.45) is 0.